The van der Waals surface area contributed by atoms with Crippen molar-refractivity contribution in [2.45, 2.75) is 104 Å². The van der Waals surface area contributed by atoms with Crippen molar-refractivity contribution in [2.75, 3.05) is 0 Å². The average molecular weight is 683 g/mol. The third-order valence-corrected chi connectivity index (χ3v) is 14.9. The van der Waals surface area contributed by atoms with Crippen LogP contribution in [0.15, 0.2) is 52.3 Å². The summed E-state index contributed by atoms with van der Waals surface area (Å²) in [6.45, 7) is 9.31. The highest BCUT2D eigenvalue weighted by atomic mass is 16.4. The van der Waals surface area contributed by atoms with Crippen molar-refractivity contribution in [1.29, 1.82) is 0 Å². The Morgan fingerprint density at radius 1 is 0.980 bits per heavy atom. The first-order valence-corrected chi connectivity index (χ1v) is 18.6. The van der Waals surface area contributed by atoms with Crippen molar-refractivity contribution in [1.82, 2.24) is 0 Å². The summed E-state index contributed by atoms with van der Waals surface area (Å²) < 4.78 is 0. The van der Waals surface area contributed by atoms with E-state index in [1.54, 1.807) is 27.7 Å². The molecule has 1 unspecified atom stereocenters. The van der Waals surface area contributed by atoms with Crippen LogP contribution in [0.5, 0.6) is 5.75 Å². The molecule has 8 aliphatic rings. The maximum absolute atomic E-state index is 14.8. The van der Waals surface area contributed by atoms with Crippen molar-refractivity contribution < 1.29 is 39.9 Å². The van der Waals surface area contributed by atoms with Crippen molar-refractivity contribution in [3.63, 3.8) is 0 Å². The summed E-state index contributed by atoms with van der Waals surface area (Å²) in [5.41, 5.74) is -3.60. The molecule has 0 spiro atoms. The Labute approximate surface area is 293 Å². The van der Waals surface area contributed by atoms with E-state index in [-0.39, 0.29) is 16.9 Å². The molecule has 8 aliphatic carbocycles. The summed E-state index contributed by atoms with van der Waals surface area (Å²) in [7, 11) is 0. The molecule has 0 aliphatic heterocycles. The zero-order valence-electron chi connectivity index (χ0n) is 29.9. The van der Waals surface area contributed by atoms with Gasteiger partial charge < -0.3 is 25.5 Å². The molecule has 1 aromatic rings. The normalized spacial score (nSPS) is 41.7. The fourth-order valence-corrected chi connectivity index (χ4v) is 12.8. The number of rotatable bonds is 5. The number of phenols is 1. The minimum atomic E-state index is -2.89. The van der Waals surface area contributed by atoms with Gasteiger partial charge in [0.05, 0.1) is 17.2 Å². The fraction of sp³-hybridized carbons (Fsp3) is 0.595. The van der Waals surface area contributed by atoms with E-state index in [2.05, 4.69) is 12.2 Å². The Balaban J connectivity index is 1.20. The summed E-state index contributed by atoms with van der Waals surface area (Å²) >= 11 is 0. The van der Waals surface area contributed by atoms with Gasteiger partial charge in [-0.05, 0) is 110 Å². The van der Waals surface area contributed by atoms with Crippen LogP contribution in [0.1, 0.15) is 103 Å². The van der Waals surface area contributed by atoms with Crippen LogP contribution in [0.3, 0.4) is 0 Å². The molecule has 4 bridgehead atoms. The molecule has 0 aromatic heterocycles. The number of aliphatic hydroxyl groups is 4. The van der Waals surface area contributed by atoms with Gasteiger partial charge >= 0.3 is 0 Å². The molecule has 6 atom stereocenters. The van der Waals surface area contributed by atoms with Crippen LogP contribution in [0.2, 0.25) is 0 Å². The van der Waals surface area contributed by atoms with Crippen LogP contribution in [0, 0.1) is 52.3 Å². The maximum atomic E-state index is 14.8. The first-order valence-electron chi connectivity index (χ1n) is 18.6. The lowest BCUT2D eigenvalue weighted by Gasteiger charge is -2.63. The van der Waals surface area contributed by atoms with Gasteiger partial charge in [-0.1, -0.05) is 64.5 Å². The molecule has 0 amide bonds. The second kappa shape index (κ2) is 10.8. The first-order chi connectivity index (χ1) is 23.5. The summed E-state index contributed by atoms with van der Waals surface area (Å²) in [6, 6.07) is 3.67. The molecular weight excluding hydrogens is 632 g/mol. The molecule has 266 valence electrons. The molecule has 1 aromatic carbocycles. The van der Waals surface area contributed by atoms with E-state index in [9.17, 15) is 39.9 Å². The van der Waals surface area contributed by atoms with Gasteiger partial charge in [-0.2, -0.15) is 0 Å². The summed E-state index contributed by atoms with van der Waals surface area (Å²) in [5, 5.41) is 60.1. The molecule has 50 heavy (non-hydrogen) atoms. The number of Topliss-reactive ketones (excluding diaryl/α,β-unsaturated/α-hetero) is 3. The van der Waals surface area contributed by atoms with E-state index >= 15 is 0 Å². The highest BCUT2D eigenvalue weighted by molar-refractivity contribution is 6.24. The standard InChI is InChI=1S/C42H50O8/c1-18(2)32-35(45)29(20(4)43)37(47)42(50)38(48)33-36(46)31-28(19(3)40(33,5)39(49)41(32,42)6)10-9-25(34(31)44)13-21-7-8-24(12-21)30-26-14-22-11-23(16-26)17-27(30)15-22/h8-10,12,18-19,22-23,26-27,30,32,39,44,46-47,49-50H,7,11,13-17H2,1-6H3/t19-,22?,23?,26?,27?,30?,32?,39-,40+,41+,42+/m1/s1. The molecule has 0 saturated heterocycles. The summed E-state index contributed by atoms with van der Waals surface area (Å²) in [5.74, 6) is -2.95. The molecular formula is C42H50O8. The third kappa shape index (κ3) is 3.98. The molecule has 5 fully saturated rings. The van der Waals surface area contributed by atoms with Gasteiger partial charge in [0.15, 0.2) is 17.2 Å². The van der Waals surface area contributed by atoms with Gasteiger partial charge in [0.1, 0.15) is 22.8 Å². The van der Waals surface area contributed by atoms with Gasteiger partial charge in [-0.15, -0.1) is 0 Å². The number of hydrogen-bond donors (Lipinski definition) is 5. The maximum Gasteiger partial charge on any atom is 0.203 e. The Bertz CT molecular complexity index is 1860. The number of allylic oxidation sites excluding steroid dienone is 5. The van der Waals surface area contributed by atoms with Crippen molar-refractivity contribution in [3.05, 3.63) is 69.0 Å². The lowest BCUT2D eigenvalue weighted by Crippen LogP contribution is -2.75. The number of carbonyl (C=O) groups is 3. The number of fused-ring (bicyclic) bond motifs is 3. The van der Waals surface area contributed by atoms with E-state index in [4.69, 9.17) is 0 Å². The Morgan fingerprint density at radius 2 is 1.60 bits per heavy atom. The van der Waals surface area contributed by atoms with Gasteiger partial charge in [0.2, 0.25) is 5.78 Å². The van der Waals surface area contributed by atoms with Gasteiger partial charge in [-0.3, -0.25) is 14.4 Å². The Morgan fingerprint density at radius 3 is 2.18 bits per heavy atom. The number of carbonyl (C=O) groups excluding carboxylic acids is 3. The Hall–Kier alpha value is -3.49. The van der Waals surface area contributed by atoms with Crippen LogP contribution in [-0.2, 0) is 20.8 Å². The minimum Gasteiger partial charge on any atom is -0.508 e. The second-order valence-electron chi connectivity index (χ2n) is 17.7. The second-order valence-corrected chi connectivity index (χ2v) is 17.7. The molecule has 0 heterocycles. The van der Waals surface area contributed by atoms with E-state index in [0.717, 1.165) is 37.0 Å². The smallest absolute Gasteiger partial charge is 0.203 e. The van der Waals surface area contributed by atoms with Gasteiger partial charge in [0, 0.05) is 16.7 Å². The predicted octanol–water partition coefficient (Wildman–Crippen LogP) is 6.59. The number of phenolic OH excluding ortho intramolecular Hbond substituents is 1. The SMILES string of the molecule is CC(=O)C1=C(O)[C@]2(O)C(=O)C3=C(O)c4c(ccc(CC5=CC(C6C7CC8CC(C7)CC6C8)=CC5)c4O)[C@@H](C)[C@]3(C)[C@@H](O)[C@]2(C)C(C(C)C)C1=O. The summed E-state index contributed by atoms with van der Waals surface area (Å²) in [4.78, 5) is 41.3. The van der Waals surface area contributed by atoms with E-state index in [0.29, 0.717) is 23.5 Å². The molecule has 8 heteroatoms. The lowest BCUT2D eigenvalue weighted by atomic mass is 9.40. The van der Waals surface area contributed by atoms with Crippen molar-refractivity contribution in [2.24, 2.45) is 52.3 Å². The van der Waals surface area contributed by atoms with E-state index in [1.807, 2.05) is 12.1 Å². The topological polar surface area (TPSA) is 152 Å². The quantitative estimate of drug-likeness (QED) is 0.218. The predicted molar refractivity (Wildman–Crippen MR) is 187 cm³/mol. The number of ketones is 3. The molecule has 8 nitrogen and oxygen atoms in total. The summed E-state index contributed by atoms with van der Waals surface area (Å²) in [6.07, 6.45) is 11.1. The highest BCUT2D eigenvalue weighted by Crippen LogP contribution is 2.68. The monoisotopic (exact) mass is 682 g/mol. The van der Waals surface area contributed by atoms with E-state index in [1.165, 1.54) is 50.2 Å². The number of aliphatic hydroxyl groups excluding tert-OH is 3. The Kier molecular flexibility index (Phi) is 7.24. The number of aromatic hydroxyl groups is 1. The first kappa shape index (κ1) is 33.6. The van der Waals surface area contributed by atoms with Crippen LogP contribution in [-0.4, -0.2) is 54.6 Å². The van der Waals surface area contributed by atoms with Crippen LogP contribution < -0.4 is 0 Å². The highest BCUT2D eigenvalue weighted by Gasteiger charge is 2.77. The van der Waals surface area contributed by atoms with Crippen LogP contribution >= 0.6 is 0 Å². The van der Waals surface area contributed by atoms with Crippen molar-refractivity contribution in [3.8, 4) is 5.75 Å². The minimum absolute atomic E-state index is 0.0607. The number of benzene rings is 1. The molecule has 5 N–H and O–H groups in total. The molecule has 5 saturated carbocycles. The fourth-order valence-electron chi connectivity index (χ4n) is 12.8. The van der Waals surface area contributed by atoms with Crippen molar-refractivity contribution >= 4 is 23.1 Å². The molecule has 9 rings (SSSR count). The molecule has 0 radical (unpaired) electrons. The largest absolute Gasteiger partial charge is 0.508 e. The number of hydrogen-bond acceptors (Lipinski definition) is 8. The van der Waals surface area contributed by atoms with Crippen LogP contribution in [0.4, 0.5) is 0 Å². The average Bonchev–Trinajstić information content (AvgIpc) is 3.49. The third-order valence-electron chi connectivity index (χ3n) is 14.9. The zero-order chi connectivity index (χ0) is 36.0. The lowest BCUT2D eigenvalue weighted by molar-refractivity contribution is -0.215. The van der Waals surface area contributed by atoms with E-state index < -0.39 is 74.7 Å². The van der Waals surface area contributed by atoms with Gasteiger partial charge in [0.25, 0.3) is 0 Å². The van der Waals surface area contributed by atoms with Crippen LogP contribution in [0.25, 0.3) is 5.76 Å². The zero-order valence-corrected chi connectivity index (χ0v) is 29.9. The van der Waals surface area contributed by atoms with Gasteiger partial charge in [-0.25, -0.2) is 0 Å².